The van der Waals surface area contributed by atoms with Gasteiger partial charge in [0.25, 0.3) is 0 Å². The van der Waals surface area contributed by atoms with Gasteiger partial charge in [-0.25, -0.2) is 4.98 Å². The number of hydrogen-bond acceptors (Lipinski definition) is 3. The Hall–Kier alpha value is -2.18. The molecule has 0 bridgehead atoms. The number of hydrogen-bond donors (Lipinski definition) is 1. The van der Waals surface area contributed by atoms with Gasteiger partial charge in [-0.3, -0.25) is 0 Å². The molecule has 0 spiro atoms. The van der Waals surface area contributed by atoms with Crippen molar-refractivity contribution in [1.82, 2.24) is 10.3 Å². The quantitative estimate of drug-likeness (QED) is 0.926. The van der Waals surface area contributed by atoms with Gasteiger partial charge in [-0.15, -0.1) is 0 Å². The molecule has 1 unspecified atom stereocenters. The van der Waals surface area contributed by atoms with Gasteiger partial charge in [0, 0.05) is 18.8 Å². The van der Waals surface area contributed by atoms with Crippen LogP contribution >= 0.6 is 0 Å². The predicted octanol–water partition coefficient (Wildman–Crippen LogP) is 2.60. The Kier molecular flexibility index (Phi) is 3.76. The molecule has 3 nitrogen and oxygen atoms in total. The number of aryl methyl sites for hydroxylation is 1. The van der Waals surface area contributed by atoms with E-state index in [1.54, 1.807) is 6.20 Å². The molecule has 2 aromatic rings. The molecule has 1 heterocycles. The van der Waals surface area contributed by atoms with Crippen molar-refractivity contribution in [2.75, 3.05) is 0 Å². The number of benzene rings is 1. The molecule has 100 valence electrons. The van der Waals surface area contributed by atoms with Gasteiger partial charge in [-0.2, -0.15) is 5.26 Å². The van der Waals surface area contributed by atoms with E-state index in [0.29, 0.717) is 11.7 Å². The van der Waals surface area contributed by atoms with Gasteiger partial charge in [-0.05, 0) is 48.1 Å². The van der Waals surface area contributed by atoms with Gasteiger partial charge in [0.2, 0.25) is 0 Å². The molecule has 0 saturated heterocycles. The predicted molar refractivity (Wildman–Crippen MR) is 78.0 cm³/mol. The van der Waals surface area contributed by atoms with E-state index in [9.17, 15) is 0 Å². The molecule has 20 heavy (non-hydrogen) atoms. The largest absolute Gasteiger partial charge is 0.310 e. The Morgan fingerprint density at radius 1 is 1.25 bits per heavy atom. The summed E-state index contributed by atoms with van der Waals surface area (Å²) >= 11 is 0. The number of aromatic nitrogens is 1. The molecular weight excluding hydrogens is 246 g/mol. The number of fused-ring (bicyclic) bond motifs is 1. The van der Waals surface area contributed by atoms with E-state index < -0.39 is 0 Å². The van der Waals surface area contributed by atoms with Crippen LogP contribution in [0.25, 0.3) is 0 Å². The lowest BCUT2D eigenvalue weighted by Crippen LogP contribution is -2.34. The Morgan fingerprint density at radius 2 is 2.10 bits per heavy atom. The van der Waals surface area contributed by atoms with Crippen molar-refractivity contribution in [3.05, 3.63) is 65.0 Å². The van der Waals surface area contributed by atoms with Crippen LogP contribution in [0.4, 0.5) is 0 Å². The Labute approximate surface area is 119 Å². The highest BCUT2D eigenvalue weighted by molar-refractivity contribution is 5.30. The highest BCUT2D eigenvalue weighted by Crippen LogP contribution is 2.21. The average molecular weight is 263 g/mol. The lowest BCUT2D eigenvalue weighted by molar-refractivity contribution is 0.457. The molecule has 1 aliphatic rings. The number of nitrogens with one attached hydrogen (secondary N) is 1. The number of nitrogens with zero attached hydrogens (tertiary/aromatic N) is 2. The van der Waals surface area contributed by atoms with Crippen molar-refractivity contribution >= 4 is 0 Å². The fraction of sp³-hybridized carbons (Fsp3) is 0.294. The van der Waals surface area contributed by atoms with E-state index in [1.807, 2.05) is 12.1 Å². The Morgan fingerprint density at radius 3 is 2.95 bits per heavy atom. The summed E-state index contributed by atoms with van der Waals surface area (Å²) in [6, 6.07) is 15.1. The number of nitriles is 1. The maximum atomic E-state index is 8.86. The second-order valence-electron chi connectivity index (χ2n) is 5.25. The SMILES string of the molecule is N#Cc1cc(CNC2CCc3ccccc3C2)ccn1. The molecule has 1 aromatic heterocycles. The van der Waals surface area contributed by atoms with Crippen molar-refractivity contribution in [2.24, 2.45) is 0 Å². The minimum Gasteiger partial charge on any atom is -0.310 e. The summed E-state index contributed by atoms with van der Waals surface area (Å²) in [5.74, 6) is 0. The minimum absolute atomic E-state index is 0.485. The van der Waals surface area contributed by atoms with E-state index in [0.717, 1.165) is 24.9 Å². The van der Waals surface area contributed by atoms with Crippen LogP contribution in [0, 0.1) is 11.3 Å². The van der Waals surface area contributed by atoms with Crippen LogP contribution in [0.5, 0.6) is 0 Å². The third-order valence-electron chi connectivity index (χ3n) is 3.88. The first-order chi connectivity index (χ1) is 9.85. The Balaban J connectivity index is 1.61. The molecule has 3 heteroatoms. The summed E-state index contributed by atoms with van der Waals surface area (Å²) in [4.78, 5) is 3.99. The van der Waals surface area contributed by atoms with Gasteiger partial charge in [0.15, 0.2) is 0 Å². The fourth-order valence-electron chi connectivity index (χ4n) is 2.78. The maximum absolute atomic E-state index is 8.86. The van der Waals surface area contributed by atoms with Gasteiger partial charge >= 0.3 is 0 Å². The molecule has 0 aliphatic heterocycles. The van der Waals surface area contributed by atoms with Gasteiger partial charge in [0.05, 0.1) is 0 Å². The van der Waals surface area contributed by atoms with Crippen LogP contribution in [0.1, 0.15) is 28.8 Å². The smallest absolute Gasteiger partial charge is 0.140 e. The number of rotatable bonds is 3. The molecule has 3 rings (SSSR count). The molecular formula is C17H17N3. The second-order valence-corrected chi connectivity index (χ2v) is 5.25. The van der Waals surface area contributed by atoms with E-state index in [1.165, 1.54) is 17.5 Å². The van der Waals surface area contributed by atoms with Gasteiger partial charge in [0.1, 0.15) is 11.8 Å². The molecule has 0 amide bonds. The van der Waals surface area contributed by atoms with Crippen molar-refractivity contribution in [1.29, 1.82) is 5.26 Å². The van der Waals surface area contributed by atoms with Crippen LogP contribution in [-0.2, 0) is 19.4 Å². The molecule has 0 radical (unpaired) electrons. The fourth-order valence-corrected chi connectivity index (χ4v) is 2.78. The summed E-state index contributed by atoms with van der Waals surface area (Å²) in [5, 5.41) is 12.4. The molecule has 1 N–H and O–H groups in total. The van der Waals surface area contributed by atoms with E-state index in [-0.39, 0.29) is 0 Å². The van der Waals surface area contributed by atoms with Crippen molar-refractivity contribution in [2.45, 2.75) is 31.8 Å². The molecule has 0 saturated carbocycles. The summed E-state index contributed by atoms with van der Waals surface area (Å²) < 4.78 is 0. The zero-order valence-corrected chi connectivity index (χ0v) is 11.3. The molecule has 1 atom stereocenters. The molecule has 1 aromatic carbocycles. The van der Waals surface area contributed by atoms with Crippen molar-refractivity contribution in [3.8, 4) is 6.07 Å². The van der Waals surface area contributed by atoms with E-state index in [2.05, 4.69) is 40.6 Å². The van der Waals surface area contributed by atoms with E-state index >= 15 is 0 Å². The number of pyridine rings is 1. The standard InChI is InChI=1S/C17H17N3/c18-11-17-9-13(7-8-19-17)12-20-16-6-5-14-3-1-2-4-15(14)10-16/h1-4,7-9,16,20H,5-6,10,12H2. The third kappa shape index (κ3) is 2.87. The maximum Gasteiger partial charge on any atom is 0.140 e. The first-order valence-corrected chi connectivity index (χ1v) is 7.00. The zero-order chi connectivity index (χ0) is 13.8. The minimum atomic E-state index is 0.485. The average Bonchev–Trinajstić information content (AvgIpc) is 2.53. The topological polar surface area (TPSA) is 48.7 Å². The summed E-state index contributed by atoms with van der Waals surface area (Å²) in [7, 11) is 0. The first kappa shape index (κ1) is 12.8. The summed E-state index contributed by atoms with van der Waals surface area (Å²) in [6.45, 7) is 0.796. The van der Waals surface area contributed by atoms with Gasteiger partial charge < -0.3 is 5.32 Å². The normalized spacial score (nSPS) is 17.2. The van der Waals surface area contributed by atoms with Crippen LogP contribution in [0.2, 0.25) is 0 Å². The van der Waals surface area contributed by atoms with Crippen LogP contribution in [-0.4, -0.2) is 11.0 Å². The van der Waals surface area contributed by atoms with E-state index in [4.69, 9.17) is 5.26 Å². The summed E-state index contributed by atoms with van der Waals surface area (Å²) in [6.07, 6.45) is 5.11. The van der Waals surface area contributed by atoms with Crippen LogP contribution < -0.4 is 5.32 Å². The molecule has 1 aliphatic carbocycles. The van der Waals surface area contributed by atoms with Crippen LogP contribution in [0.3, 0.4) is 0 Å². The lowest BCUT2D eigenvalue weighted by Gasteiger charge is -2.25. The van der Waals surface area contributed by atoms with Crippen molar-refractivity contribution < 1.29 is 0 Å². The molecule has 0 fully saturated rings. The third-order valence-corrected chi connectivity index (χ3v) is 3.88. The zero-order valence-electron chi connectivity index (χ0n) is 11.3. The van der Waals surface area contributed by atoms with Crippen molar-refractivity contribution in [3.63, 3.8) is 0 Å². The first-order valence-electron chi connectivity index (χ1n) is 7.00. The lowest BCUT2D eigenvalue weighted by atomic mass is 9.88. The second kappa shape index (κ2) is 5.85. The van der Waals surface area contributed by atoms with Gasteiger partial charge in [-0.1, -0.05) is 24.3 Å². The highest BCUT2D eigenvalue weighted by atomic mass is 14.9. The summed E-state index contributed by atoms with van der Waals surface area (Å²) in [5.41, 5.74) is 4.55. The Bertz CT molecular complexity index is 643. The highest BCUT2D eigenvalue weighted by Gasteiger charge is 2.17. The van der Waals surface area contributed by atoms with Crippen LogP contribution in [0.15, 0.2) is 42.6 Å². The monoisotopic (exact) mass is 263 g/mol.